The summed E-state index contributed by atoms with van der Waals surface area (Å²) in [6, 6.07) is 16.2. The summed E-state index contributed by atoms with van der Waals surface area (Å²) >= 11 is 0. The van der Waals surface area contributed by atoms with Crippen LogP contribution in [0.15, 0.2) is 60.9 Å². The Morgan fingerprint density at radius 1 is 1.16 bits per heavy atom. The van der Waals surface area contributed by atoms with Crippen LogP contribution in [-0.4, -0.2) is 27.7 Å². The van der Waals surface area contributed by atoms with Crippen molar-refractivity contribution in [1.29, 1.82) is 0 Å². The van der Waals surface area contributed by atoms with Crippen LogP contribution < -0.4 is 4.74 Å². The molecule has 1 aliphatic carbocycles. The Labute approximate surface area is 180 Å². The van der Waals surface area contributed by atoms with Gasteiger partial charge in [0.25, 0.3) is 0 Å². The number of fused-ring (bicyclic) bond motifs is 1. The summed E-state index contributed by atoms with van der Waals surface area (Å²) < 4.78 is 7.42. The number of pyridine rings is 1. The molecule has 0 spiro atoms. The number of aromatic carboxylic acids is 1. The van der Waals surface area contributed by atoms with Crippen LogP contribution in [0.4, 0.5) is 0 Å². The summed E-state index contributed by atoms with van der Waals surface area (Å²) in [6.45, 7) is 0. The number of methoxy groups -OCH3 is 1. The zero-order chi connectivity index (χ0) is 21.5. The van der Waals surface area contributed by atoms with E-state index in [1.54, 1.807) is 7.11 Å². The average molecular weight is 412 g/mol. The molecule has 0 amide bonds. The number of ether oxygens (including phenoxy) is 1. The molecule has 1 N–H and O–H groups in total. The van der Waals surface area contributed by atoms with Gasteiger partial charge in [-0.3, -0.25) is 4.98 Å². The van der Waals surface area contributed by atoms with Crippen LogP contribution in [0.5, 0.6) is 5.75 Å². The van der Waals surface area contributed by atoms with Crippen LogP contribution in [0.1, 0.15) is 45.9 Å². The van der Waals surface area contributed by atoms with Gasteiger partial charge in [0, 0.05) is 36.8 Å². The van der Waals surface area contributed by atoms with E-state index in [0.717, 1.165) is 51.7 Å². The minimum Gasteiger partial charge on any atom is -0.497 e. The molecule has 2 aromatic carbocycles. The first-order chi connectivity index (χ1) is 15.0. The van der Waals surface area contributed by atoms with Gasteiger partial charge in [-0.15, -0.1) is 0 Å². The fraction of sp³-hybridized carbons (Fsp3) is 0.231. The van der Waals surface area contributed by atoms with Crippen LogP contribution in [0.25, 0.3) is 22.0 Å². The van der Waals surface area contributed by atoms with Gasteiger partial charge in [0.2, 0.25) is 0 Å². The molecule has 5 nitrogen and oxygen atoms in total. The third-order valence-corrected chi connectivity index (χ3v) is 6.07. The third-order valence-electron chi connectivity index (χ3n) is 6.07. The number of aromatic nitrogens is 2. The fourth-order valence-corrected chi connectivity index (χ4v) is 4.27. The van der Waals surface area contributed by atoms with E-state index >= 15 is 0 Å². The fourth-order valence-electron chi connectivity index (χ4n) is 4.27. The Bertz CT molecular complexity index is 1280. The predicted molar refractivity (Wildman–Crippen MR) is 121 cm³/mol. The van der Waals surface area contributed by atoms with Crippen molar-refractivity contribution >= 4 is 16.9 Å². The van der Waals surface area contributed by atoms with Gasteiger partial charge in [-0.05, 0) is 71.8 Å². The monoisotopic (exact) mass is 412 g/mol. The van der Waals surface area contributed by atoms with Crippen molar-refractivity contribution in [3.05, 3.63) is 83.3 Å². The number of rotatable bonds is 6. The SMILES string of the molecule is COc1ccc(-c2cc(Cc3ncc(C4CC4)cc3C(=O)O)cc3ccn(C)c23)cc1. The van der Waals surface area contributed by atoms with E-state index in [2.05, 4.69) is 39.9 Å². The molecule has 0 radical (unpaired) electrons. The molecule has 0 saturated heterocycles. The van der Waals surface area contributed by atoms with E-state index in [1.807, 2.05) is 37.6 Å². The van der Waals surface area contributed by atoms with E-state index in [1.165, 1.54) is 0 Å². The van der Waals surface area contributed by atoms with Crippen molar-refractivity contribution in [3.63, 3.8) is 0 Å². The van der Waals surface area contributed by atoms with Crippen molar-refractivity contribution in [3.8, 4) is 16.9 Å². The standard InChI is InChI=1S/C26H24N2O3/c1-28-10-9-19-11-16(12-22(25(19)28)18-5-7-21(31-2)8-6-18)13-24-23(26(29)30)14-20(15-27-24)17-3-4-17/h5-12,14-15,17H,3-4,13H2,1-2H3,(H,29,30). The largest absolute Gasteiger partial charge is 0.497 e. The van der Waals surface area contributed by atoms with Gasteiger partial charge in [-0.2, -0.15) is 0 Å². The molecule has 4 aromatic rings. The normalized spacial score (nSPS) is 13.5. The lowest BCUT2D eigenvalue weighted by Crippen LogP contribution is -2.07. The first kappa shape index (κ1) is 19.4. The maximum absolute atomic E-state index is 11.9. The molecule has 0 aliphatic heterocycles. The van der Waals surface area contributed by atoms with Crippen molar-refractivity contribution in [2.45, 2.75) is 25.2 Å². The second kappa shape index (κ2) is 7.58. The maximum atomic E-state index is 11.9. The summed E-state index contributed by atoms with van der Waals surface area (Å²) in [5, 5.41) is 10.9. The number of hydrogen-bond acceptors (Lipinski definition) is 3. The molecule has 5 heteroatoms. The lowest BCUT2D eigenvalue weighted by atomic mass is 9.96. The summed E-state index contributed by atoms with van der Waals surface area (Å²) in [4.78, 5) is 16.5. The topological polar surface area (TPSA) is 64.3 Å². The first-order valence-corrected chi connectivity index (χ1v) is 10.5. The molecule has 1 fully saturated rings. The molecule has 0 bridgehead atoms. The Balaban J connectivity index is 1.59. The Kier molecular flexibility index (Phi) is 4.74. The van der Waals surface area contributed by atoms with Crippen LogP contribution in [-0.2, 0) is 13.5 Å². The third kappa shape index (κ3) is 3.67. The van der Waals surface area contributed by atoms with Gasteiger partial charge >= 0.3 is 5.97 Å². The van der Waals surface area contributed by atoms with E-state index in [0.29, 0.717) is 23.6 Å². The highest BCUT2D eigenvalue weighted by Gasteiger charge is 2.26. The number of carboxylic acids is 1. The first-order valence-electron chi connectivity index (χ1n) is 10.5. The number of aryl methyl sites for hydroxylation is 1. The Morgan fingerprint density at radius 2 is 1.94 bits per heavy atom. The van der Waals surface area contributed by atoms with Crippen LogP contribution in [0, 0.1) is 0 Å². The van der Waals surface area contributed by atoms with Crippen molar-refractivity contribution in [2.75, 3.05) is 7.11 Å². The van der Waals surface area contributed by atoms with E-state index < -0.39 is 5.97 Å². The predicted octanol–water partition coefficient (Wildman–Crippen LogP) is 5.42. The molecular weight excluding hydrogens is 388 g/mol. The van der Waals surface area contributed by atoms with Gasteiger partial charge in [-0.25, -0.2) is 4.79 Å². The molecule has 1 saturated carbocycles. The maximum Gasteiger partial charge on any atom is 0.337 e. The summed E-state index contributed by atoms with van der Waals surface area (Å²) in [5.74, 6) is 0.372. The van der Waals surface area contributed by atoms with Crippen LogP contribution in [0.2, 0.25) is 0 Å². The molecule has 2 heterocycles. The zero-order valence-corrected chi connectivity index (χ0v) is 17.6. The molecule has 1 aliphatic rings. The van der Waals surface area contributed by atoms with E-state index in [9.17, 15) is 9.90 Å². The van der Waals surface area contributed by atoms with E-state index in [4.69, 9.17) is 4.74 Å². The second-order valence-electron chi connectivity index (χ2n) is 8.26. The molecular formula is C26H24N2O3. The van der Waals surface area contributed by atoms with Gasteiger partial charge in [-0.1, -0.05) is 12.1 Å². The Hall–Kier alpha value is -3.60. The van der Waals surface area contributed by atoms with Crippen molar-refractivity contribution < 1.29 is 14.6 Å². The van der Waals surface area contributed by atoms with Gasteiger partial charge in [0.15, 0.2) is 0 Å². The molecule has 0 unspecified atom stereocenters. The van der Waals surface area contributed by atoms with Gasteiger partial charge in [0.05, 0.1) is 23.9 Å². The van der Waals surface area contributed by atoms with Crippen LogP contribution >= 0.6 is 0 Å². The highest BCUT2D eigenvalue weighted by molar-refractivity contribution is 5.96. The molecule has 0 atom stereocenters. The minimum absolute atomic E-state index is 0.309. The smallest absolute Gasteiger partial charge is 0.337 e. The van der Waals surface area contributed by atoms with Gasteiger partial charge in [0.1, 0.15) is 5.75 Å². The minimum atomic E-state index is -0.916. The number of carbonyl (C=O) groups is 1. The number of hydrogen-bond donors (Lipinski definition) is 1. The van der Waals surface area contributed by atoms with Gasteiger partial charge < -0.3 is 14.4 Å². The second-order valence-corrected chi connectivity index (χ2v) is 8.26. The zero-order valence-electron chi connectivity index (χ0n) is 17.6. The lowest BCUT2D eigenvalue weighted by Gasteiger charge is -2.12. The highest BCUT2D eigenvalue weighted by Crippen LogP contribution is 2.40. The number of benzene rings is 2. The van der Waals surface area contributed by atoms with Crippen LogP contribution in [0.3, 0.4) is 0 Å². The summed E-state index contributed by atoms with van der Waals surface area (Å²) in [5.41, 5.74) is 6.33. The molecule has 31 heavy (non-hydrogen) atoms. The molecule has 5 rings (SSSR count). The summed E-state index contributed by atoms with van der Waals surface area (Å²) in [7, 11) is 3.70. The number of carboxylic acid groups (broad SMARTS) is 1. The average Bonchev–Trinajstić information content (AvgIpc) is 3.56. The number of nitrogens with zero attached hydrogens (tertiary/aromatic N) is 2. The van der Waals surface area contributed by atoms with E-state index in [-0.39, 0.29) is 0 Å². The van der Waals surface area contributed by atoms with Crippen molar-refractivity contribution in [2.24, 2.45) is 7.05 Å². The molecule has 2 aromatic heterocycles. The lowest BCUT2D eigenvalue weighted by molar-refractivity contribution is 0.0695. The quantitative estimate of drug-likeness (QED) is 0.460. The Morgan fingerprint density at radius 3 is 2.61 bits per heavy atom. The summed E-state index contributed by atoms with van der Waals surface area (Å²) in [6.07, 6.45) is 6.62. The molecule has 156 valence electrons. The highest BCUT2D eigenvalue weighted by atomic mass is 16.5. The van der Waals surface area contributed by atoms with Crippen molar-refractivity contribution in [1.82, 2.24) is 9.55 Å².